The molecule has 1 saturated heterocycles. The highest BCUT2D eigenvalue weighted by atomic mass is 32.1. The lowest BCUT2D eigenvalue weighted by atomic mass is 9.89. The summed E-state index contributed by atoms with van der Waals surface area (Å²) in [5.41, 5.74) is 0.894. The van der Waals surface area contributed by atoms with Gasteiger partial charge in [-0.2, -0.15) is 0 Å². The topological polar surface area (TPSA) is 68.7 Å². The number of carbonyl (C=O) groups is 1. The second-order valence-electron chi connectivity index (χ2n) is 7.25. The Hall–Kier alpha value is -1.96. The molecule has 28 heavy (non-hydrogen) atoms. The number of aromatic nitrogens is 1. The zero-order chi connectivity index (χ0) is 20.0. The van der Waals surface area contributed by atoms with E-state index in [2.05, 4.69) is 24.1 Å². The van der Waals surface area contributed by atoms with Gasteiger partial charge in [-0.1, -0.05) is 44.2 Å². The minimum atomic E-state index is -0.936. The second kappa shape index (κ2) is 9.49. The molecule has 1 aromatic heterocycles. The number of likely N-dealkylation sites (tertiary alicyclic amines) is 1. The fourth-order valence-corrected chi connectivity index (χ4v) is 4.38. The van der Waals surface area contributed by atoms with E-state index in [9.17, 15) is 9.90 Å². The number of nitrogens with one attached hydrogen (secondary N) is 1. The molecule has 2 N–H and O–H groups in total. The van der Waals surface area contributed by atoms with E-state index in [1.807, 2.05) is 35.7 Å². The van der Waals surface area contributed by atoms with Crippen LogP contribution in [0.2, 0.25) is 0 Å². The summed E-state index contributed by atoms with van der Waals surface area (Å²) >= 11 is 1.61. The average Bonchev–Trinajstić information content (AvgIpc) is 3.21. The number of nitrogens with zero attached hydrogens (tertiary/aromatic N) is 3. The van der Waals surface area contributed by atoms with Crippen molar-refractivity contribution >= 4 is 17.4 Å². The van der Waals surface area contributed by atoms with Gasteiger partial charge in [0, 0.05) is 25.0 Å². The van der Waals surface area contributed by atoms with Crippen molar-refractivity contribution in [3.05, 3.63) is 52.0 Å². The molecule has 0 bridgehead atoms. The van der Waals surface area contributed by atoms with Gasteiger partial charge in [-0.3, -0.25) is 4.90 Å². The third-order valence-corrected chi connectivity index (χ3v) is 6.28. The van der Waals surface area contributed by atoms with Crippen LogP contribution in [-0.4, -0.2) is 52.1 Å². The monoisotopic (exact) mass is 402 g/mol. The van der Waals surface area contributed by atoms with Crippen molar-refractivity contribution in [3.8, 4) is 0 Å². The molecule has 6 nitrogen and oxygen atoms in total. The molecule has 0 unspecified atom stereocenters. The van der Waals surface area contributed by atoms with Gasteiger partial charge in [0.05, 0.1) is 12.2 Å². The molecule has 1 aromatic carbocycles. The normalized spacial score (nSPS) is 16.4. The minimum Gasteiger partial charge on any atom is -0.383 e. The molecule has 0 radical (unpaired) electrons. The Morgan fingerprint density at radius 1 is 1.25 bits per heavy atom. The van der Waals surface area contributed by atoms with Gasteiger partial charge in [-0.15, -0.1) is 11.3 Å². The molecule has 2 amide bonds. The van der Waals surface area contributed by atoms with Crippen LogP contribution >= 0.6 is 11.3 Å². The lowest BCUT2D eigenvalue weighted by Gasteiger charge is -2.37. The van der Waals surface area contributed by atoms with Crippen LogP contribution in [0.1, 0.15) is 43.0 Å². The lowest BCUT2D eigenvalue weighted by molar-refractivity contribution is -0.0200. The number of rotatable bonds is 7. The Morgan fingerprint density at radius 2 is 1.93 bits per heavy atom. The molecule has 0 spiro atoms. The number of amides is 2. The molecule has 0 atom stereocenters. The summed E-state index contributed by atoms with van der Waals surface area (Å²) in [5, 5.41) is 17.1. The number of benzene rings is 1. The smallest absolute Gasteiger partial charge is 0.317 e. The summed E-state index contributed by atoms with van der Waals surface area (Å²) in [5.74, 6) is 0. The Morgan fingerprint density at radius 3 is 2.57 bits per heavy atom. The van der Waals surface area contributed by atoms with Crippen molar-refractivity contribution in [2.75, 3.05) is 26.2 Å². The first-order valence-corrected chi connectivity index (χ1v) is 10.9. The molecule has 1 aliphatic rings. The fourth-order valence-electron chi connectivity index (χ4n) is 3.46. The van der Waals surface area contributed by atoms with Gasteiger partial charge in [-0.05, 0) is 31.5 Å². The molecule has 1 fully saturated rings. The highest BCUT2D eigenvalue weighted by Gasteiger charge is 2.37. The van der Waals surface area contributed by atoms with Gasteiger partial charge in [0.25, 0.3) is 0 Å². The SMILES string of the molecule is CCN(CC)Cc1nc(C2(O)CCN(C(=O)NCc3ccccc3)CC2)cs1. The van der Waals surface area contributed by atoms with E-state index in [4.69, 9.17) is 4.98 Å². The highest BCUT2D eigenvalue weighted by molar-refractivity contribution is 7.09. The van der Waals surface area contributed by atoms with E-state index < -0.39 is 5.60 Å². The summed E-state index contributed by atoms with van der Waals surface area (Å²) in [6, 6.07) is 9.80. The Bertz CT molecular complexity index is 753. The molecule has 3 rings (SSSR count). The number of piperidine rings is 1. The maximum Gasteiger partial charge on any atom is 0.317 e. The van der Waals surface area contributed by atoms with Gasteiger partial charge in [-0.25, -0.2) is 9.78 Å². The highest BCUT2D eigenvalue weighted by Crippen LogP contribution is 2.33. The number of thiazole rings is 1. The van der Waals surface area contributed by atoms with Crippen LogP contribution in [-0.2, 0) is 18.7 Å². The van der Waals surface area contributed by atoms with Crippen LogP contribution in [0.15, 0.2) is 35.7 Å². The van der Waals surface area contributed by atoms with Gasteiger partial charge in [0.15, 0.2) is 0 Å². The van der Waals surface area contributed by atoms with E-state index in [1.165, 1.54) is 0 Å². The van der Waals surface area contributed by atoms with Crippen LogP contribution < -0.4 is 5.32 Å². The van der Waals surface area contributed by atoms with E-state index in [0.29, 0.717) is 32.5 Å². The predicted octanol–water partition coefficient (Wildman–Crippen LogP) is 3.18. The quantitative estimate of drug-likeness (QED) is 0.746. The third-order valence-electron chi connectivity index (χ3n) is 5.45. The first-order valence-electron chi connectivity index (χ1n) is 10.0. The second-order valence-corrected chi connectivity index (χ2v) is 8.19. The average molecular weight is 403 g/mol. The molecule has 0 aliphatic carbocycles. The van der Waals surface area contributed by atoms with Crippen molar-refractivity contribution in [1.82, 2.24) is 20.1 Å². The molecular weight excluding hydrogens is 372 g/mol. The first-order chi connectivity index (χ1) is 13.5. The van der Waals surface area contributed by atoms with Crippen LogP contribution in [0, 0.1) is 0 Å². The third kappa shape index (κ3) is 5.10. The van der Waals surface area contributed by atoms with Gasteiger partial charge < -0.3 is 15.3 Å². The van der Waals surface area contributed by atoms with Crippen LogP contribution in [0.25, 0.3) is 0 Å². The zero-order valence-electron chi connectivity index (χ0n) is 16.7. The Kier molecular flexibility index (Phi) is 7.04. The van der Waals surface area contributed by atoms with Crippen molar-refractivity contribution in [1.29, 1.82) is 0 Å². The van der Waals surface area contributed by atoms with Crippen LogP contribution in [0.5, 0.6) is 0 Å². The minimum absolute atomic E-state index is 0.0774. The largest absolute Gasteiger partial charge is 0.383 e. The maximum atomic E-state index is 12.4. The van der Waals surface area contributed by atoms with Crippen molar-refractivity contribution in [2.45, 2.75) is 45.4 Å². The van der Waals surface area contributed by atoms with E-state index in [0.717, 1.165) is 35.9 Å². The van der Waals surface area contributed by atoms with Gasteiger partial charge in [0.1, 0.15) is 10.6 Å². The maximum absolute atomic E-state index is 12.4. The fraction of sp³-hybridized carbons (Fsp3) is 0.524. The first kappa shape index (κ1) is 20.8. The van der Waals surface area contributed by atoms with Gasteiger partial charge >= 0.3 is 6.03 Å². The number of hydrogen-bond donors (Lipinski definition) is 2. The molecule has 0 saturated carbocycles. The molecule has 7 heteroatoms. The molecule has 152 valence electrons. The standard InChI is InChI=1S/C21H30N4O2S/c1-3-24(4-2)15-19-23-18(16-28-19)21(27)10-12-25(13-11-21)20(26)22-14-17-8-6-5-7-9-17/h5-9,16,27H,3-4,10-15H2,1-2H3,(H,22,26). The zero-order valence-corrected chi connectivity index (χ0v) is 17.5. The van der Waals surface area contributed by atoms with E-state index in [-0.39, 0.29) is 6.03 Å². The number of carbonyl (C=O) groups excluding carboxylic acids is 1. The molecule has 2 heterocycles. The molecule has 2 aromatic rings. The summed E-state index contributed by atoms with van der Waals surface area (Å²) in [7, 11) is 0. The van der Waals surface area contributed by atoms with Crippen molar-refractivity contribution in [3.63, 3.8) is 0 Å². The summed E-state index contributed by atoms with van der Waals surface area (Å²) in [6.45, 7) is 8.66. The number of aliphatic hydroxyl groups is 1. The molecule has 1 aliphatic heterocycles. The van der Waals surface area contributed by atoms with Crippen molar-refractivity contribution in [2.24, 2.45) is 0 Å². The van der Waals surface area contributed by atoms with Crippen LogP contribution in [0.4, 0.5) is 4.79 Å². The summed E-state index contributed by atoms with van der Waals surface area (Å²) in [6.07, 6.45) is 1.03. The van der Waals surface area contributed by atoms with Crippen LogP contribution in [0.3, 0.4) is 0 Å². The van der Waals surface area contributed by atoms with Gasteiger partial charge in [0.2, 0.25) is 0 Å². The van der Waals surface area contributed by atoms with Crippen molar-refractivity contribution < 1.29 is 9.90 Å². The Balaban J connectivity index is 1.52. The van der Waals surface area contributed by atoms with E-state index in [1.54, 1.807) is 16.2 Å². The van der Waals surface area contributed by atoms with E-state index >= 15 is 0 Å². The number of hydrogen-bond acceptors (Lipinski definition) is 5. The summed E-state index contributed by atoms with van der Waals surface area (Å²) in [4.78, 5) is 21.2. The summed E-state index contributed by atoms with van der Waals surface area (Å²) < 4.78 is 0. The Labute approximate surface area is 171 Å². The lowest BCUT2D eigenvalue weighted by Crippen LogP contribution is -2.48. The predicted molar refractivity (Wildman–Crippen MR) is 112 cm³/mol. The number of urea groups is 1. The molecular formula is C21H30N4O2S.